The lowest BCUT2D eigenvalue weighted by atomic mass is 10.2. The number of hydrogen-bond donors (Lipinski definition) is 2. The van der Waals surface area contributed by atoms with Gasteiger partial charge >= 0.3 is 0 Å². The van der Waals surface area contributed by atoms with Gasteiger partial charge in [-0.15, -0.1) is 0 Å². The molecule has 0 aliphatic rings. The lowest BCUT2D eigenvalue weighted by Crippen LogP contribution is -1.69. The summed E-state index contributed by atoms with van der Waals surface area (Å²) in [4.78, 5) is 0. The highest BCUT2D eigenvalue weighted by Crippen LogP contribution is 2.09. The van der Waals surface area contributed by atoms with E-state index in [-0.39, 0.29) is 11.5 Å². The molecule has 0 fully saturated rings. The molecule has 0 aliphatic carbocycles. The van der Waals surface area contributed by atoms with E-state index in [0.717, 1.165) is 0 Å². The molecule has 0 aliphatic heterocycles. The van der Waals surface area contributed by atoms with Gasteiger partial charge < -0.3 is 10.2 Å². The lowest BCUT2D eigenvalue weighted by molar-refractivity contribution is 0.474. The number of nitriles is 2. The van der Waals surface area contributed by atoms with E-state index in [4.69, 9.17) is 20.7 Å². The molecule has 4 heteroatoms. The van der Waals surface area contributed by atoms with Crippen LogP contribution in [0, 0.1) is 22.7 Å². The molecule has 0 aromatic heterocycles. The van der Waals surface area contributed by atoms with E-state index >= 15 is 0 Å². The molecule has 18 heavy (non-hydrogen) atoms. The Morgan fingerprint density at radius 3 is 1.33 bits per heavy atom. The van der Waals surface area contributed by atoms with E-state index in [1.165, 1.54) is 24.3 Å². The van der Waals surface area contributed by atoms with Gasteiger partial charge in [0.25, 0.3) is 0 Å². The van der Waals surface area contributed by atoms with Crippen LogP contribution in [0.4, 0.5) is 0 Å². The van der Waals surface area contributed by atoms with Gasteiger partial charge in [0.15, 0.2) is 0 Å². The number of rotatable bonds is 0. The molecule has 0 amide bonds. The fraction of sp³-hybridized carbons (Fsp3) is 0. The number of phenolic OH excluding ortho intramolecular Hbond substituents is 2. The minimum absolute atomic E-state index is 0.133. The van der Waals surface area contributed by atoms with E-state index in [1.807, 2.05) is 12.1 Å². The molecule has 2 aromatic carbocycles. The van der Waals surface area contributed by atoms with Crippen molar-refractivity contribution in [1.82, 2.24) is 0 Å². The molecule has 0 saturated carbocycles. The predicted molar refractivity (Wildman–Crippen MR) is 65.6 cm³/mol. The minimum atomic E-state index is 0.133. The van der Waals surface area contributed by atoms with Crippen molar-refractivity contribution >= 4 is 0 Å². The summed E-state index contributed by atoms with van der Waals surface area (Å²) in [7, 11) is 0. The van der Waals surface area contributed by atoms with Crippen LogP contribution >= 0.6 is 0 Å². The highest BCUT2D eigenvalue weighted by molar-refractivity contribution is 5.35. The molecule has 0 radical (unpaired) electrons. The molecule has 0 spiro atoms. The second kappa shape index (κ2) is 6.57. The zero-order valence-corrected chi connectivity index (χ0v) is 9.41. The molecule has 2 aromatic rings. The van der Waals surface area contributed by atoms with Gasteiger partial charge in [-0.05, 0) is 36.4 Å². The third-order valence-electron chi connectivity index (χ3n) is 1.95. The van der Waals surface area contributed by atoms with E-state index in [0.29, 0.717) is 11.1 Å². The third kappa shape index (κ3) is 4.26. The Kier molecular flexibility index (Phi) is 4.78. The molecule has 0 heterocycles. The van der Waals surface area contributed by atoms with Crippen LogP contribution in [-0.2, 0) is 0 Å². The quantitative estimate of drug-likeness (QED) is 0.738. The smallest absolute Gasteiger partial charge is 0.116 e. The van der Waals surface area contributed by atoms with E-state index in [9.17, 15) is 0 Å². The van der Waals surface area contributed by atoms with Crippen LogP contribution in [0.3, 0.4) is 0 Å². The van der Waals surface area contributed by atoms with Crippen LogP contribution in [0.25, 0.3) is 0 Å². The van der Waals surface area contributed by atoms with Crippen molar-refractivity contribution in [2.75, 3.05) is 0 Å². The number of nitrogens with zero attached hydrogens (tertiary/aromatic N) is 2. The molecule has 88 valence electrons. The number of phenols is 2. The normalized spacial score (nSPS) is 8.33. The first-order chi connectivity index (χ1) is 8.65. The Labute approximate surface area is 105 Å². The first-order valence-corrected chi connectivity index (χ1v) is 5.04. The Bertz CT molecular complexity index is 554. The molecule has 0 bridgehead atoms. The molecule has 2 rings (SSSR count). The molecule has 0 unspecified atom stereocenters. The van der Waals surface area contributed by atoms with Crippen molar-refractivity contribution in [2.24, 2.45) is 0 Å². The van der Waals surface area contributed by atoms with E-state index < -0.39 is 0 Å². The van der Waals surface area contributed by atoms with Crippen molar-refractivity contribution in [3.8, 4) is 23.6 Å². The number of hydrogen-bond acceptors (Lipinski definition) is 4. The second-order valence-electron chi connectivity index (χ2n) is 3.32. The summed E-state index contributed by atoms with van der Waals surface area (Å²) in [5, 5.41) is 34.2. The van der Waals surface area contributed by atoms with Gasteiger partial charge in [0.2, 0.25) is 0 Å². The van der Waals surface area contributed by atoms with Crippen LogP contribution < -0.4 is 0 Å². The molecular formula is C14H10N2O2. The van der Waals surface area contributed by atoms with Gasteiger partial charge in [0.05, 0.1) is 23.3 Å². The van der Waals surface area contributed by atoms with Crippen LogP contribution in [0.5, 0.6) is 11.5 Å². The standard InChI is InChI=1S/2C7H5NO/c2*8-5-6-2-1-3-7(9)4-6/h2*1-4,9H. The maximum Gasteiger partial charge on any atom is 0.116 e. The predicted octanol–water partition coefficient (Wildman–Crippen LogP) is 2.53. The Morgan fingerprint density at radius 2 is 1.11 bits per heavy atom. The summed E-state index contributed by atoms with van der Waals surface area (Å²) in [6, 6.07) is 16.2. The van der Waals surface area contributed by atoms with E-state index in [2.05, 4.69) is 0 Å². The summed E-state index contributed by atoms with van der Waals surface area (Å²) in [6.45, 7) is 0. The lowest BCUT2D eigenvalue weighted by Gasteiger charge is -1.87. The van der Waals surface area contributed by atoms with Crippen LogP contribution in [-0.4, -0.2) is 10.2 Å². The molecule has 4 nitrogen and oxygen atoms in total. The maximum atomic E-state index is 8.79. The average Bonchev–Trinajstić information content (AvgIpc) is 2.39. The fourth-order valence-electron chi connectivity index (χ4n) is 1.15. The molecular weight excluding hydrogens is 228 g/mol. The van der Waals surface area contributed by atoms with Crippen LogP contribution in [0.2, 0.25) is 0 Å². The van der Waals surface area contributed by atoms with E-state index in [1.54, 1.807) is 24.3 Å². The number of aromatic hydroxyl groups is 2. The minimum Gasteiger partial charge on any atom is -0.508 e. The Morgan fingerprint density at radius 1 is 0.722 bits per heavy atom. The van der Waals surface area contributed by atoms with Crippen molar-refractivity contribution in [1.29, 1.82) is 10.5 Å². The topological polar surface area (TPSA) is 88.0 Å². The van der Waals surface area contributed by atoms with Gasteiger partial charge in [-0.25, -0.2) is 0 Å². The highest BCUT2D eigenvalue weighted by Gasteiger charge is 1.88. The maximum absolute atomic E-state index is 8.79. The fourth-order valence-corrected chi connectivity index (χ4v) is 1.15. The largest absolute Gasteiger partial charge is 0.508 e. The van der Waals surface area contributed by atoms with Crippen molar-refractivity contribution < 1.29 is 10.2 Å². The summed E-state index contributed by atoms with van der Waals surface area (Å²) >= 11 is 0. The monoisotopic (exact) mass is 238 g/mol. The van der Waals surface area contributed by atoms with Crippen molar-refractivity contribution in [3.05, 3.63) is 59.7 Å². The Hall–Kier alpha value is -2.98. The summed E-state index contributed by atoms with van der Waals surface area (Å²) in [5.41, 5.74) is 0.963. The molecule has 0 atom stereocenters. The molecule has 2 N–H and O–H groups in total. The first kappa shape index (κ1) is 13.1. The van der Waals surface area contributed by atoms with Crippen LogP contribution in [0.1, 0.15) is 11.1 Å². The van der Waals surface area contributed by atoms with Crippen molar-refractivity contribution in [2.45, 2.75) is 0 Å². The third-order valence-corrected chi connectivity index (χ3v) is 1.95. The number of benzene rings is 2. The van der Waals surface area contributed by atoms with Gasteiger partial charge in [-0.2, -0.15) is 10.5 Å². The van der Waals surface area contributed by atoms with Crippen LogP contribution in [0.15, 0.2) is 48.5 Å². The SMILES string of the molecule is N#Cc1cccc(O)c1.N#Cc1cccc(O)c1. The van der Waals surface area contributed by atoms with Crippen molar-refractivity contribution in [3.63, 3.8) is 0 Å². The Balaban J connectivity index is 0.000000180. The summed E-state index contributed by atoms with van der Waals surface area (Å²) in [6.07, 6.45) is 0. The average molecular weight is 238 g/mol. The summed E-state index contributed by atoms with van der Waals surface area (Å²) in [5.74, 6) is 0.267. The zero-order chi connectivity index (χ0) is 13.4. The van der Waals surface area contributed by atoms with Gasteiger partial charge in [0, 0.05) is 0 Å². The van der Waals surface area contributed by atoms with Gasteiger partial charge in [0.1, 0.15) is 11.5 Å². The van der Waals surface area contributed by atoms with Gasteiger partial charge in [-0.1, -0.05) is 12.1 Å². The summed E-state index contributed by atoms with van der Waals surface area (Å²) < 4.78 is 0. The van der Waals surface area contributed by atoms with Gasteiger partial charge in [-0.3, -0.25) is 0 Å². The second-order valence-corrected chi connectivity index (χ2v) is 3.32. The zero-order valence-electron chi connectivity index (χ0n) is 9.41. The first-order valence-electron chi connectivity index (χ1n) is 5.04. The highest BCUT2D eigenvalue weighted by atomic mass is 16.3. The molecule has 0 saturated heterocycles.